The zero-order valence-corrected chi connectivity index (χ0v) is 13.9. The van der Waals surface area contributed by atoms with Gasteiger partial charge in [-0.1, -0.05) is 30.3 Å². The van der Waals surface area contributed by atoms with Gasteiger partial charge in [0.1, 0.15) is 11.4 Å². The molecule has 0 saturated heterocycles. The summed E-state index contributed by atoms with van der Waals surface area (Å²) < 4.78 is 5.28. The van der Waals surface area contributed by atoms with Crippen molar-refractivity contribution in [3.8, 4) is 0 Å². The smallest absolute Gasteiger partial charge is 0.191 e. The third-order valence-electron chi connectivity index (χ3n) is 3.59. The number of nitrogens with zero attached hydrogens (tertiary/aromatic N) is 1. The van der Waals surface area contributed by atoms with Crippen LogP contribution in [0.5, 0.6) is 0 Å². The van der Waals surface area contributed by atoms with E-state index < -0.39 is 5.60 Å². The SMILES string of the molecule is CCNC(=NCC(C)(O)c1ccco1)NC(C)c1ccccc1. The summed E-state index contributed by atoms with van der Waals surface area (Å²) in [5, 5.41) is 17.0. The topological polar surface area (TPSA) is 69.8 Å². The lowest BCUT2D eigenvalue weighted by Crippen LogP contribution is -2.40. The predicted octanol–water partition coefficient (Wildman–Crippen LogP) is 2.80. The summed E-state index contributed by atoms with van der Waals surface area (Å²) in [5.41, 5.74) is 0.0397. The molecule has 1 heterocycles. The number of guanidine groups is 1. The van der Waals surface area contributed by atoms with Gasteiger partial charge in [0, 0.05) is 6.54 Å². The molecule has 1 aromatic carbocycles. The molecule has 0 aliphatic rings. The second kappa shape index (κ2) is 7.83. The second-order valence-electron chi connectivity index (χ2n) is 5.72. The number of aliphatic imine (C=N–C) groups is 1. The summed E-state index contributed by atoms with van der Waals surface area (Å²) in [6.45, 7) is 6.73. The highest BCUT2D eigenvalue weighted by molar-refractivity contribution is 5.80. The average molecular weight is 315 g/mol. The standard InChI is InChI=1S/C18H25N3O2/c1-4-19-17(21-14(2)15-9-6-5-7-10-15)20-13-18(3,22)16-11-8-12-23-16/h5-12,14,22H,4,13H2,1-3H3,(H2,19,20,21). The molecule has 0 aliphatic carbocycles. The Balaban J connectivity index is 2.05. The van der Waals surface area contributed by atoms with Crippen molar-refractivity contribution >= 4 is 5.96 Å². The van der Waals surface area contributed by atoms with Gasteiger partial charge < -0.3 is 20.2 Å². The third-order valence-corrected chi connectivity index (χ3v) is 3.59. The van der Waals surface area contributed by atoms with Gasteiger partial charge in [0.25, 0.3) is 0 Å². The fourth-order valence-electron chi connectivity index (χ4n) is 2.25. The van der Waals surface area contributed by atoms with Gasteiger partial charge in [0.2, 0.25) is 0 Å². The molecule has 0 aliphatic heterocycles. The van der Waals surface area contributed by atoms with Crippen LogP contribution >= 0.6 is 0 Å². The molecule has 0 radical (unpaired) electrons. The summed E-state index contributed by atoms with van der Waals surface area (Å²) in [5.74, 6) is 1.17. The molecule has 0 bridgehead atoms. The molecule has 0 spiro atoms. The monoisotopic (exact) mass is 315 g/mol. The summed E-state index contributed by atoms with van der Waals surface area (Å²) in [7, 11) is 0. The van der Waals surface area contributed by atoms with Crippen LogP contribution in [0.4, 0.5) is 0 Å². The lowest BCUT2D eigenvalue weighted by Gasteiger charge is -2.21. The van der Waals surface area contributed by atoms with Crippen LogP contribution in [0.15, 0.2) is 58.1 Å². The Hall–Kier alpha value is -2.27. The van der Waals surface area contributed by atoms with Crippen LogP contribution in [0.1, 0.15) is 38.1 Å². The first-order chi connectivity index (χ1) is 11.0. The van der Waals surface area contributed by atoms with E-state index in [0.29, 0.717) is 11.7 Å². The highest BCUT2D eigenvalue weighted by Gasteiger charge is 2.26. The molecule has 0 saturated carbocycles. The molecule has 5 nitrogen and oxygen atoms in total. The molecule has 2 aromatic rings. The van der Waals surface area contributed by atoms with Crippen molar-refractivity contribution in [3.63, 3.8) is 0 Å². The van der Waals surface area contributed by atoms with Crippen molar-refractivity contribution in [2.45, 2.75) is 32.4 Å². The molecule has 1 aromatic heterocycles. The molecule has 0 amide bonds. The van der Waals surface area contributed by atoms with Gasteiger partial charge in [-0.15, -0.1) is 0 Å². The van der Waals surface area contributed by atoms with Gasteiger partial charge >= 0.3 is 0 Å². The first-order valence-electron chi connectivity index (χ1n) is 7.89. The number of benzene rings is 1. The number of hydrogen-bond acceptors (Lipinski definition) is 3. The fourth-order valence-corrected chi connectivity index (χ4v) is 2.25. The summed E-state index contributed by atoms with van der Waals surface area (Å²) in [6.07, 6.45) is 1.55. The maximum absolute atomic E-state index is 10.5. The fraction of sp³-hybridized carbons (Fsp3) is 0.389. The van der Waals surface area contributed by atoms with E-state index in [1.807, 2.05) is 25.1 Å². The van der Waals surface area contributed by atoms with E-state index in [2.05, 4.69) is 34.7 Å². The van der Waals surface area contributed by atoms with Crippen LogP contribution in [0.2, 0.25) is 0 Å². The van der Waals surface area contributed by atoms with Crippen LogP contribution in [-0.4, -0.2) is 24.2 Å². The van der Waals surface area contributed by atoms with Crippen molar-refractivity contribution in [2.75, 3.05) is 13.1 Å². The van der Waals surface area contributed by atoms with Crippen LogP contribution in [0, 0.1) is 0 Å². The Morgan fingerprint density at radius 1 is 1.26 bits per heavy atom. The molecular weight excluding hydrogens is 290 g/mol. The third kappa shape index (κ3) is 4.86. The maximum Gasteiger partial charge on any atom is 0.191 e. The molecule has 3 N–H and O–H groups in total. The van der Waals surface area contributed by atoms with Crippen molar-refractivity contribution in [1.29, 1.82) is 0 Å². The molecule has 2 atom stereocenters. The van der Waals surface area contributed by atoms with Crippen molar-refractivity contribution in [2.24, 2.45) is 4.99 Å². The summed E-state index contributed by atoms with van der Waals surface area (Å²) in [6, 6.07) is 13.8. The molecule has 124 valence electrons. The van der Waals surface area contributed by atoms with Gasteiger partial charge in [0.05, 0.1) is 18.8 Å². The van der Waals surface area contributed by atoms with Gasteiger partial charge in [-0.05, 0) is 38.5 Å². The molecule has 2 rings (SSSR count). The first kappa shape index (κ1) is 17.1. The second-order valence-corrected chi connectivity index (χ2v) is 5.72. The van der Waals surface area contributed by atoms with Crippen molar-refractivity contribution in [3.05, 3.63) is 60.1 Å². The zero-order chi connectivity index (χ0) is 16.7. The lowest BCUT2D eigenvalue weighted by molar-refractivity contribution is 0.0437. The van der Waals surface area contributed by atoms with E-state index in [1.165, 1.54) is 5.56 Å². The Bertz CT molecular complexity index is 606. The molecule has 2 unspecified atom stereocenters. The van der Waals surface area contributed by atoms with Crippen LogP contribution in [-0.2, 0) is 5.60 Å². The van der Waals surface area contributed by atoms with E-state index in [4.69, 9.17) is 4.42 Å². The number of nitrogens with one attached hydrogen (secondary N) is 2. The molecule has 5 heteroatoms. The van der Waals surface area contributed by atoms with E-state index in [0.717, 1.165) is 6.54 Å². The highest BCUT2D eigenvalue weighted by Crippen LogP contribution is 2.21. The van der Waals surface area contributed by atoms with Crippen LogP contribution in [0.3, 0.4) is 0 Å². The Kier molecular flexibility index (Phi) is 5.82. The minimum atomic E-state index is -1.14. The zero-order valence-electron chi connectivity index (χ0n) is 13.9. The Morgan fingerprint density at radius 3 is 2.61 bits per heavy atom. The minimum absolute atomic E-state index is 0.113. The van der Waals surface area contributed by atoms with Crippen LogP contribution < -0.4 is 10.6 Å². The quantitative estimate of drug-likeness (QED) is 0.566. The summed E-state index contributed by atoms with van der Waals surface area (Å²) in [4.78, 5) is 4.49. The number of aliphatic hydroxyl groups is 1. The van der Waals surface area contributed by atoms with E-state index in [9.17, 15) is 5.11 Å². The van der Waals surface area contributed by atoms with Crippen molar-refractivity contribution in [1.82, 2.24) is 10.6 Å². The maximum atomic E-state index is 10.5. The van der Waals surface area contributed by atoms with E-state index >= 15 is 0 Å². The normalized spacial score (nSPS) is 15.7. The van der Waals surface area contributed by atoms with Crippen molar-refractivity contribution < 1.29 is 9.52 Å². The molecular formula is C18H25N3O2. The summed E-state index contributed by atoms with van der Waals surface area (Å²) >= 11 is 0. The largest absolute Gasteiger partial charge is 0.466 e. The number of furan rings is 1. The molecule has 0 fully saturated rings. The predicted molar refractivity (Wildman–Crippen MR) is 92.3 cm³/mol. The van der Waals surface area contributed by atoms with E-state index in [-0.39, 0.29) is 12.6 Å². The first-order valence-corrected chi connectivity index (χ1v) is 7.89. The molecule has 23 heavy (non-hydrogen) atoms. The van der Waals surface area contributed by atoms with Gasteiger partial charge in [-0.2, -0.15) is 0 Å². The van der Waals surface area contributed by atoms with Gasteiger partial charge in [0.15, 0.2) is 5.96 Å². The minimum Gasteiger partial charge on any atom is -0.466 e. The van der Waals surface area contributed by atoms with E-state index in [1.54, 1.807) is 25.3 Å². The Labute approximate surface area is 137 Å². The van der Waals surface area contributed by atoms with Gasteiger partial charge in [-0.3, -0.25) is 0 Å². The van der Waals surface area contributed by atoms with Gasteiger partial charge in [-0.25, -0.2) is 4.99 Å². The van der Waals surface area contributed by atoms with Crippen LogP contribution in [0.25, 0.3) is 0 Å². The Morgan fingerprint density at radius 2 is 2.00 bits per heavy atom. The number of rotatable bonds is 6. The lowest BCUT2D eigenvalue weighted by atomic mass is 10.0. The number of hydrogen-bond donors (Lipinski definition) is 3. The highest BCUT2D eigenvalue weighted by atomic mass is 16.4. The average Bonchev–Trinajstić information content (AvgIpc) is 3.09.